The van der Waals surface area contributed by atoms with Crippen LogP contribution in [0.25, 0.3) is 0 Å². The monoisotopic (exact) mass is 305 g/mol. The third kappa shape index (κ3) is 2.64. The largest absolute Gasteiger partial charge is 0.481 e. The third-order valence-corrected chi connectivity index (χ3v) is 2.98. The predicted molar refractivity (Wildman–Crippen MR) is 70.2 cm³/mol. The molecule has 9 heteroatoms. The summed E-state index contributed by atoms with van der Waals surface area (Å²) in [5.74, 6) is -4.60. The first-order chi connectivity index (χ1) is 10.4. The van der Waals surface area contributed by atoms with Crippen LogP contribution in [0.3, 0.4) is 0 Å². The van der Waals surface area contributed by atoms with E-state index in [1.807, 2.05) is 10.6 Å². The molecule has 0 radical (unpaired) electrons. The number of barbiturate groups is 1. The lowest BCUT2D eigenvalue weighted by molar-refractivity contribution is -0.148. The van der Waals surface area contributed by atoms with Gasteiger partial charge < -0.3 is 10.4 Å². The van der Waals surface area contributed by atoms with Crippen molar-refractivity contribution < 1.29 is 29.1 Å². The van der Waals surface area contributed by atoms with Crippen molar-refractivity contribution in [3.63, 3.8) is 0 Å². The van der Waals surface area contributed by atoms with E-state index in [-0.39, 0.29) is 5.56 Å². The number of imide groups is 2. The number of nitrogens with one attached hydrogen (secondary N) is 3. The summed E-state index contributed by atoms with van der Waals surface area (Å²) in [6, 6.07) is 6.45. The summed E-state index contributed by atoms with van der Waals surface area (Å²) in [7, 11) is 0. The molecular formula is C13H11N3O6. The molecule has 0 spiro atoms. The van der Waals surface area contributed by atoms with Crippen molar-refractivity contribution in [2.45, 2.75) is 12.0 Å². The highest BCUT2D eigenvalue weighted by atomic mass is 16.4. The number of rotatable bonds is 4. The molecule has 0 unspecified atom stereocenters. The van der Waals surface area contributed by atoms with Crippen LogP contribution in [0, 0.1) is 0 Å². The van der Waals surface area contributed by atoms with Gasteiger partial charge in [-0.15, -0.1) is 0 Å². The molecule has 0 aromatic heterocycles. The molecule has 1 heterocycles. The highest BCUT2D eigenvalue weighted by Gasteiger charge is 2.53. The molecule has 114 valence electrons. The summed E-state index contributed by atoms with van der Waals surface area (Å²) < 4.78 is 0. The Hall–Kier alpha value is -3.23. The number of hydrogen-bond donors (Lipinski definition) is 4. The zero-order valence-electron chi connectivity index (χ0n) is 11.1. The second kappa shape index (κ2) is 5.64. The van der Waals surface area contributed by atoms with Gasteiger partial charge in [-0.1, -0.05) is 30.3 Å². The van der Waals surface area contributed by atoms with Crippen LogP contribution in [-0.2, 0) is 24.7 Å². The minimum atomic E-state index is -2.21. The molecular weight excluding hydrogens is 294 g/mol. The van der Waals surface area contributed by atoms with Gasteiger partial charge in [-0.05, 0) is 5.56 Å². The number of carboxylic acid groups (broad SMARTS) is 1. The van der Waals surface area contributed by atoms with Gasteiger partial charge in [-0.3, -0.25) is 29.8 Å². The Kier molecular flexibility index (Phi) is 3.89. The van der Waals surface area contributed by atoms with Crippen LogP contribution in [0.5, 0.6) is 0 Å². The number of urea groups is 1. The molecule has 4 N–H and O–H groups in total. The Labute approximate surface area is 123 Å². The number of hydrogen-bond acceptors (Lipinski definition) is 5. The molecule has 1 saturated heterocycles. The summed E-state index contributed by atoms with van der Waals surface area (Å²) in [5, 5.41) is 14.5. The fourth-order valence-corrected chi connectivity index (χ4v) is 2.05. The molecule has 1 aromatic rings. The van der Waals surface area contributed by atoms with E-state index in [2.05, 4.69) is 5.32 Å². The van der Waals surface area contributed by atoms with Gasteiger partial charge >= 0.3 is 12.0 Å². The highest BCUT2D eigenvalue weighted by molar-refractivity contribution is 6.24. The van der Waals surface area contributed by atoms with E-state index in [1.54, 1.807) is 6.07 Å². The number of amides is 5. The van der Waals surface area contributed by atoms with Crippen LogP contribution in [-0.4, -0.2) is 34.8 Å². The van der Waals surface area contributed by atoms with Gasteiger partial charge in [-0.25, -0.2) is 4.79 Å². The van der Waals surface area contributed by atoms with Crippen LogP contribution in [0.1, 0.15) is 12.0 Å². The van der Waals surface area contributed by atoms with Gasteiger partial charge in [0.2, 0.25) is 11.4 Å². The van der Waals surface area contributed by atoms with E-state index >= 15 is 0 Å². The smallest absolute Gasteiger partial charge is 0.328 e. The van der Waals surface area contributed by atoms with E-state index in [0.29, 0.717) is 0 Å². The average molecular weight is 305 g/mol. The minimum absolute atomic E-state index is 0.0937. The Bertz CT molecular complexity index is 650. The zero-order chi connectivity index (χ0) is 16.3. The summed E-state index contributed by atoms with van der Waals surface area (Å²) in [6.45, 7) is 0. The molecule has 0 atom stereocenters. The second-order valence-electron chi connectivity index (χ2n) is 4.47. The standard InChI is InChI=1S/C13H11N3O6/c17-8(6-9(18)19)16-13(7-4-2-1-3-5-7)10(20)14-12(22)15-11(13)21/h1-5H,6H2,(H,16,17)(H,18,19)(H2,14,15,20,21,22). The van der Waals surface area contributed by atoms with Crippen molar-refractivity contribution in [2.24, 2.45) is 0 Å². The Morgan fingerprint density at radius 3 is 2.09 bits per heavy atom. The lowest BCUT2D eigenvalue weighted by atomic mass is 9.86. The first-order valence-corrected chi connectivity index (χ1v) is 6.11. The van der Waals surface area contributed by atoms with E-state index < -0.39 is 41.7 Å². The Morgan fingerprint density at radius 2 is 1.59 bits per heavy atom. The maximum Gasteiger partial charge on any atom is 0.328 e. The van der Waals surface area contributed by atoms with Crippen molar-refractivity contribution in [1.29, 1.82) is 0 Å². The molecule has 1 aliphatic heterocycles. The number of aliphatic carboxylic acids is 1. The van der Waals surface area contributed by atoms with Crippen LogP contribution in [0.4, 0.5) is 4.79 Å². The fourth-order valence-electron chi connectivity index (χ4n) is 2.05. The summed E-state index contributed by atoms with van der Waals surface area (Å²) in [6.07, 6.45) is -0.927. The van der Waals surface area contributed by atoms with Gasteiger partial charge in [0.05, 0.1) is 0 Å². The summed E-state index contributed by atoms with van der Waals surface area (Å²) >= 11 is 0. The van der Waals surface area contributed by atoms with Crippen LogP contribution in [0.2, 0.25) is 0 Å². The van der Waals surface area contributed by atoms with Crippen molar-refractivity contribution >= 4 is 29.7 Å². The summed E-state index contributed by atoms with van der Waals surface area (Å²) in [5.41, 5.74) is -2.11. The normalized spacial score (nSPS) is 16.5. The maximum atomic E-state index is 12.2. The lowest BCUT2D eigenvalue weighted by Crippen LogP contribution is -2.71. The molecule has 22 heavy (non-hydrogen) atoms. The first kappa shape index (κ1) is 15.2. The SMILES string of the molecule is O=C(O)CC(=O)NC1(c2ccccc2)C(=O)NC(=O)NC1=O. The molecule has 5 amide bonds. The van der Waals surface area contributed by atoms with Gasteiger partial charge in [0.1, 0.15) is 6.42 Å². The van der Waals surface area contributed by atoms with Gasteiger partial charge in [0, 0.05) is 0 Å². The van der Waals surface area contributed by atoms with Crippen molar-refractivity contribution in [3.05, 3.63) is 35.9 Å². The van der Waals surface area contributed by atoms with Crippen LogP contribution in [0.15, 0.2) is 30.3 Å². The quantitative estimate of drug-likeness (QED) is 0.517. The maximum absolute atomic E-state index is 12.2. The molecule has 9 nitrogen and oxygen atoms in total. The van der Waals surface area contributed by atoms with Crippen molar-refractivity contribution in [2.75, 3.05) is 0 Å². The minimum Gasteiger partial charge on any atom is -0.481 e. The Balaban J connectivity index is 2.47. The van der Waals surface area contributed by atoms with Gasteiger partial charge in [-0.2, -0.15) is 0 Å². The van der Waals surface area contributed by atoms with Crippen LogP contribution < -0.4 is 16.0 Å². The van der Waals surface area contributed by atoms with Crippen molar-refractivity contribution in [1.82, 2.24) is 16.0 Å². The first-order valence-electron chi connectivity index (χ1n) is 6.11. The number of carbonyl (C=O) groups is 5. The number of benzene rings is 1. The lowest BCUT2D eigenvalue weighted by Gasteiger charge is -2.34. The number of carbonyl (C=O) groups excluding carboxylic acids is 4. The molecule has 1 aliphatic rings. The molecule has 0 saturated carbocycles. The van der Waals surface area contributed by atoms with E-state index in [1.165, 1.54) is 24.3 Å². The molecule has 0 aliphatic carbocycles. The topological polar surface area (TPSA) is 142 Å². The Morgan fingerprint density at radius 1 is 1.05 bits per heavy atom. The fraction of sp³-hybridized carbons (Fsp3) is 0.154. The van der Waals surface area contributed by atoms with Crippen molar-refractivity contribution in [3.8, 4) is 0 Å². The molecule has 1 aromatic carbocycles. The predicted octanol–water partition coefficient (Wildman–Crippen LogP) is -1.16. The van der Waals surface area contributed by atoms with Gasteiger partial charge in [0.25, 0.3) is 11.8 Å². The molecule has 1 fully saturated rings. The van der Waals surface area contributed by atoms with E-state index in [4.69, 9.17) is 5.11 Å². The zero-order valence-corrected chi connectivity index (χ0v) is 11.1. The summed E-state index contributed by atoms with van der Waals surface area (Å²) in [4.78, 5) is 57.9. The second-order valence-corrected chi connectivity index (χ2v) is 4.47. The average Bonchev–Trinajstić information content (AvgIpc) is 2.43. The molecule has 2 rings (SSSR count). The van der Waals surface area contributed by atoms with E-state index in [9.17, 15) is 24.0 Å². The highest BCUT2D eigenvalue weighted by Crippen LogP contribution is 2.24. The third-order valence-electron chi connectivity index (χ3n) is 2.98. The van der Waals surface area contributed by atoms with E-state index in [0.717, 1.165) is 0 Å². The molecule has 0 bridgehead atoms. The van der Waals surface area contributed by atoms with Gasteiger partial charge in [0.15, 0.2) is 0 Å². The number of carboxylic acids is 1. The van der Waals surface area contributed by atoms with Crippen LogP contribution >= 0.6 is 0 Å².